The molecule has 0 saturated carbocycles. The monoisotopic (exact) mass is 486 g/mol. The lowest BCUT2D eigenvalue weighted by molar-refractivity contribution is 0.600. The van der Waals surface area contributed by atoms with Gasteiger partial charge in [0.25, 0.3) is 0 Å². The van der Waals surface area contributed by atoms with Crippen molar-refractivity contribution >= 4 is 44.6 Å². The molecule has 1 aromatic carbocycles. The number of nitrogens with two attached hydrogens (primary N) is 1. The van der Waals surface area contributed by atoms with Crippen molar-refractivity contribution < 1.29 is 8.42 Å². The van der Waals surface area contributed by atoms with Crippen LogP contribution in [-0.2, 0) is 10.0 Å². The zero-order valence-corrected chi connectivity index (χ0v) is 19.4. The third-order valence-electron chi connectivity index (χ3n) is 4.41. The highest BCUT2D eigenvalue weighted by Gasteiger charge is 2.22. The van der Waals surface area contributed by atoms with E-state index in [1.54, 1.807) is 43.6 Å². The predicted octanol–water partition coefficient (Wildman–Crippen LogP) is 4.72. The second kappa shape index (κ2) is 9.19. The summed E-state index contributed by atoms with van der Waals surface area (Å²) < 4.78 is 27.1. The van der Waals surface area contributed by atoms with Crippen LogP contribution < -0.4 is 10.5 Å². The maximum Gasteiger partial charge on any atom is 0.232 e. The van der Waals surface area contributed by atoms with E-state index in [2.05, 4.69) is 19.7 Å². The Balaban J connectivity index is 1.88. The number of pyridine rings is 1. The Kier molecular flexibility index (Phi) is 6.35. The molecule has 4 rings (SSSR count). The summed E-state index contributed by atoms with van der Waals surface area (Å²) in [7, 11) is -3.51. The highest BCUT2D eigenvalue weighted by Crippen LogP contribution is 2.43. The lowest BCUT2D eigenvalue weighted by Crippen LogP contribution is -2.16. The Morgan fingerprint density at radius 1 is 1.03 bits per heavy atom. The number of anilines is 2. The summed E-state index contributed by atoms with van der Waals surface area (Å²) in [6, 6.07) is 12.4. The van der Waals surface area contributed by atoms with E-state index in [1.165, 1.54) is 11.3 Å². The molecule has 8 nitrogen and oxygen atoms in total. The van der Waals surface area contributed by atoms with E-state index in [0.29, 0.717) is 34.1 Å². The summed E-state index contributed by atoms with van der Waals surface area (Å²) in [4.78, 5) is 18.2. The lowest BCUT2D eigenvalue weighted by Gasteiger charge is -2.12. The molecule has 11 heteroatoms. The van der Waals surface area contributed by atoms with Crippen molar-refractivity contribution in [2.24, 2.45) is 0 Å². The van der Waals surface area contributed by atoms with Gasteiger partial charge in [-0.1, -0.05) is 36.7 Å². The first kappa shape index (κ1) is 22.1. The van der Waals surface area contributed by atoms with Crippen molar-refractivity contribution in [3.63, 3.8) is 0 Å². The Labute approximate surface area is 194 Å². The van der Waals surface area contributed by atoms with Crippen LogP contribution in [0.4, 0.5) is 11.6 Å². The maximum atomic E-state index is 12.3. The average molecular weight is 487 g/mol. The number of thiazole rings is 1. The fourth-order valence-corrected chi connectivity index (χ4v) is 5.55. The number of hydrogen-bond acceptors (Lipinski definition) is 8. The molecule has 0 saturated heterocycles. The van der Waals surface area contributed by atoms with Gasteiger partial charge < -0.3 is 5.73 Å². The van der Waals surface area contributed by atoms with Gasteiger partial charge in [0.15, 0.2) is 0 Å². The molecule has 0 spiro atoms. The second-order valence-electron chi connectivity index (χ2n) is 6.80. The number of sulfonamides is 1. The van der Waals surface area contributed by atoms with E-state index >= 15 is 0 Å². The van der Waals surface area contributed by atoms with Crippen molar-refractivity contribution in [1.82, 2.24) is 19.9 Å². The van der Waals surface area contributed by atoms with E-state index in [4.69, 9.17) is 22.3 Å². The smallest absolute Gasteiger partial charge is 0.232 e. The van der Waals surface area contributed by atoms with E-state index in [1.807, 2.05) is 18.2 Å². The zero-order valence-electron chi connectivity index (χ0n) is 17.0. The molecule has 0 fully saturated rings. The van der Waals surface area contributed by atoms with E-state index in [-0.39, 0.29) is 22.4 Å². The van der Waals surface area contributed by atoms with Gasteiger partial charge in [-0.3, -0.25) is 9.71 Å². The van der Waals surface area contributed by atoms with Crippen molar-refractivity contribution in [2.45, 2.75) is 13.3 Å². The van der Waals surface area contributed by atoms with Crippen LogP contribution in [0.5, 0.6) is 0 Å². The van der Waals surface area contributed by atoms with Crippen LogP contribution >= 0.6 is 22.9 Å². The molecule has 0 amide bonds. The van der Waals surface area contributed by atoms with Crippen molar-refractivity contribution in [1.29, 1.82) is 0 Å². The van der Waals surface area contributed by atoms with Gasteiger partial charge in [0, 0.05) is 18.0 Å². The third kappa shape index (κ3) is 4.72. The van der Waals surface area contributed by atoms with Gasteiger partial charge in [0.05, 0.1) is 38.4 Å². The summed E-state index contributed by atoms with van der Waals surface area (Å²) in [5.41, 5.74) is 8.49. The normalized spacial score (nSPS) is 11.4. The molecule has 32 heavy (non-hydrogen) atoms. The number of nitrogen functional groups attached to an aromatic ring is 1. The first-order chi connectivity index (χ1) is 15.4. The van der Waals surface area contributed by atoms with Crippen LogP contribution in [-0.4, -0.2) is 34.1 Å². The number of rotatable bonds is 7. The minimum atomic E-state index is -3.51. The van der Waals surface area contributed by atoms with Gasteiger partial charge >= 0.3 is 0 Å². The molecule has 0 radical (unpaired) electrons. The van der Waals surface area contributed by atoms with E-state index in [0.717, 1.165) is 4.88 Å². The summed E-state index contributed by atoms with van der Waals surface area (Å²) in [5, 5.41) is 0.911. The van der Waals surface area contributed by atoms with Crippen LogP contribution in [0.2, 0.25) is 5.02 Å². The molecule has 3 heterocycles. The van der Waals surface area contributed by atoms with Gasteiger partial charge in [-0.2, -0.15) is 0 Å². The number of benzene rings is 1. The first-order valence-corrected chi connectivity index (χ1v) is 12.5. The number of nitrogens with one attached hydrogen (secondary N) is 1. The van der Waals surface area contributed by atoms with Gasteiger partial charge in [-0.05, 0) is 30.7 Å². The summed E-state index contributed by atoms with van der Waals surface area (Å²) in [6.07, 6.45) is 3.75. The maximum absolute atomic E-state index is 12.3. The minimum Gasteiger partial charge on any atom is -0.368 e. The molecule has 164 valence electrons. The summed E-state index contributed by atoms with van der Waals surface area (Å²) in [6.45, 7) is 1.80. The number of nitrogens with zero attached hydrogens (tertiary/aromatic N) is 4. The highest BCUT2D eigenvalue weighted by molar-refractivity contribution is 7.92. The van der Waals surface area contributed by atoms with Gasteiger partial charge in [-0.25, -0.2) is 23.4 Å². The zero-order chi connectivity index (χ0) is 22.7. The molecule has 0 aliphatic carbocycles. The molecule has 4 aromatic rings. The quantitative estimate of drug-likeness (QED) is 0.387. The van der Waals surface area contributed by atoms with Crippen LogP contribution in [0.1, 0.15) is 13.3 Å². The van der Waals surface area contributed by atoms with Gasteiger partial charge in [0.2, 0.25) is 16.0 Å². The van der Waals surface area contributed by atoms with Crippen LogP contribution in [0.25, 0.3) is 32.5 Å². The van der Waals surface area contributed by atoms with Crippen LogP contribution in [0.3, 0.4) is 0 Å². The molecule has 0 unspecified atom stereocenters. The van der Waals surface area contributed by atoms with Gasteiger partial charge in [0.1, 0.15) is 5.01 Å². The Bertz CT molecular complexity index is 1360. The Morgan fingerprint density at radius 2 is 1.88 bits per heavy atom. The first-order valence-electron chi connectivity index (χ1n) is 9.68. The fraction of sp³-hybridized carbons (Fsp3) is 0.143. The molecule has 0 bridgehead atoms. The Morgan fingerprint density at radius 3 is 2.59 bits per heavy atom. The third-order valence-corrected chi connectivity index (χ3v) is 7.39. The van der Waals surface area contributed by atoms with Crippen molar-refractivity contribution in [3.05, 3.63) is 59.9 Å². The lowest BCUT2D eigenvalue weighted by atomic mass is 10.1. The standard InChI is InChI=1S/C21H19ClN6O2S2/c1-2-12-32(29,30)28-14-8-5-6-13(17(14)22)18-19(15-9-11-25-21(23)26-15)31-20(27-18)16-7-3-4-10-24-16/h3-11,28H,2,12H2,1H3,(H2,23,25,26). The van der Waals surface area contributed by atoms with Crippen molar-refractivity contribution in [3.8, 4) is 32.5 Å². The molecule has 0 aliphatic heterocycles. The second-order valence-corrected chi connectivity index (χ2v) is 10.0. The molecule has 3 N–H and O–H groups in total. The fourth-order valence-electron chi connectivity index (χ4n) is 3.06. The molecule has 0 aliphatic rings. The summed E-state index contributed by atoms with van der Waals surface area (Å²) >= 11 is 8.05. The molecule has 3 aromatic heterocycles. The minimum absolute atomic E-state index is 0.000452. The highest BCUT2D eigenvalue weighted by atomic mass is 35.5. The molecular weight excluding hydrogens is 468 g/mol. The number of halogens is 1. The van der Waals surface area contributed by atoms with E-state index in [9.17, 15) is 8.42 Å². The number of aromatic nitrogens is 4. The largest absolute Gasteiger partial charge is 0.368 e. The molecule has 0 atom stereocenters. The van der Waals surface area contributed by atoms with Gasteiger partial charge in [-0.15, -0.1) is 11.3 Å². The summed E-state index contributed by atoms with van der Waals surface area (Å²) in [5.74, 6) is 0.132. The molecular formula is C21H19ClN6O2S2. The van der Waals surface area contributed by atoms with Crippen molar-refractivity contribution in [2.75, 3.05) is 16.2 Å². The SMILES string of the molecule is CCCS(=O)(=O)Nc1cccc(-c2nc(-c3ccccn3)sc2-c2ccnc(N)n2)c1Cl. The predicted molar refractivity (Wildman–Crippen MR) is 129 cm³/mol. The van der Waals surface area contributed by atoms with E-state index < -0.39 is 10.0 Å². The van der Waals surface area contributed by atoms with Crippen LogP contribution in [0, 0.1) is 0 Å². The average Bonchev–Trinajstić information content (AvgIpc) is 3.21. The van der Waals surface area contributed by atoms with Crippen LogP contribution in [0.15, 0.2) is 54.9 Å². The topological polar surface area (TPSA) is 124 Å². The Hall–Kier alpha value is -3.08. The number of hydrogen-bond donors (Lipinski definition) is 2.